The normalized spacial score (nSPS) is 18.5. The van der Waals surface area contributed by atoms with Crippen molar-refractivity contribution >= 4 is 11.9 Å². The van der Waals surface area contributed by atoms with Gasteiger partial charge in [0, 0.05) is 23.7 Å². The van der Waals surface area contributed by atoms with E-state index in [0.29, 0.717) is 41.8 Å². The number of ketones is 1. The van der Waals surface area contributed by atoms with E-state index in [1.807, 2.05) is 49.4 Å². The molecule has 0 aliphatic carbocycles. The Bertz CT molecular complexity index is 1300. The van der Waals surface area contributed by atoms with E-state index in [1.165, 1.54) is 5.56 Å². The minimum Gasteiger partial charge on any atom is -0.477 e. The molecule has 166 valence electrons. The molecule has 0 aromatic heterocycles. The first kappa shape index (κ1) is 19.9. The molecule has 0 amide bonds. The molecule has 0 fully saturated rings. The van der Waals surface area contributed by atoms with Crippen LogP contribution in [0.4, 0.5) is 0 Å². The molecule has 6 rings (SSSR count). The minimum atomic E-state index is -0.123. The van der Waals surface area contributed by atoms with Crippen LogP contribution in [0.3, 0.4) is 0 Å². The third kappa shape index (κ3) is 3.34. The molecule has 6 nitrogen and oxygen atoms in total. The summed E-state index contributed by atoms with van der Waals surface area (Å²) in [4.78, 5) is 15.5. The van der Waals surface area contributed by atoms with E-state index in [4.69, 9.17) is 18.9 Å². The third-order valence-corrected chi connectivity index (χ3v) is 6.49. The van der Waals surface area contributed by atoms with Gasteiger partial charge in [-0.05, 0) is 49.2 Å². The summed E-state index contributed by atoms with van der Waals surface area (Å²) >= 11 is 0. The lowest BCUT2D eigenvalue weighted by atomic mass is 9.99. The van der Waals surface area contributed by atoms with Gasteiger partial charge >= 0.3 is 0 Å². The van der Waals surface area contributed by atoms with Gasteiger partial charge in [0.1, 0.15) is 18.2 Å². The maximum Gasteiger partial charge on any atom is 0.231 e. The number of carbonyl (C=O) groups excluding carboxylic acids is 1. The Morgan fingerprint density at radius 2 is 1.79 bits per heavy atom. The number of fused-ring (bicyclic) bond motifs is 3. The fourth-order valence-electron chi connectivity index (χ4n) is 4.61. The Kier molecular flexibility index (Phi) is 4.62. The van der Waals surface area contributed by atoms with E-state index < -0.39 is 0 Å². The highest BCUT2D eigenvalue weighted by atomic mass is 16.7. The van der Waals surface area contributed by atoms with Crippen molar-refractivity contribution in [2.45, 2.75) is 26.4 Å². The summed E-state index contributed by atoms with van der Waals surface area (Å²) in [5, 5.41) is 0. The lowest BCUT2D eigenvalue weighted by Gasteiger charge is -2.34. The molecular formula is C27H23NO5. The van der Waals surface area contributed by atoms with Crippen LogP contribution in [0.5, 0.6) is 23.0 Å². The lowest BCUT2D eigenvalue weighted by molar-refractivity contribution is 0.0609. The van der Waals surface area contributed by atoms with Gasteiger partial charge in [0.15, 0.2) is 17.3 Å². The Hall–Kier alpha value is -3.77. The second kappa shape index (κ2) is 7.67. The molecule has 0 radical (unpaired) electrons. The molecule has 0 bridgehead atoms. The quantitative estimate of drug-likeness (QED) is 0.517. The summed E-state index contributed by atoms with van der Waals surface area (Å²) in [6.45, 7) is 5.51. The summed E-state index contributed by atoms with van der Waals surface area (Å²) in [5.41, 5.74) is 4.49. The van der Waals surface area contributed by atoms with Crippen LogP contribution >= 0.6 is 0 Å². The number of rotatable bonds is 3. The second-order valence-corrected chi connectivity index (χ2v) is 8.53. The molecule has 0 saturated carbocycles. The highest BCUT2D eigenvalue weighted by molar-refractivity contribution is 6.15. The van der Waals surface area contributed by atoms with E-state index in [-0.39, 0.29) is 18.6 Å². The van der Waals surface area contributed by atoms with Crippen molar-refractivity contribution in [2.24, 2.45) is 0 Å². The topological polar surface area (TPSA) is 57.2 Å². The van der Waals surface area contributed by atoms with Crippen molar-refractivity contribution in [3.05, 3.63) is 88.2 Å². The number of ether oxygens (including phenoxy) is 4. The van der Waals surface area contributed by atoms with Crippen molar-refractivity contribution in [3.8, 4) is 23.0 Å². The predicted molar refractivity (Wildman–Crippen MR) is 123 cm³/mol. The molecule has 0 spiro atoms. The molecule has 0 saturated heterocycles. The van der Waals surface area contributed by atoms with E-state index in [9.17, 15) is 4.79 Å². The summed E-state index contributed by atoms with van der Waals surface area (Å²) in [6.07, 6.45) is 1.74. The fourth-order valence-corrected chi connectivity index (χ4v) is 4.61. The van der Waals surface area contributed by atoms with E-state index >= 15 is 0 Å². The van der Waals surface area contributed by atoms with Crippen LogP contribution in [0.15, 0.2) is 60.4 Å². The molecule has 3 heterocycles. The van der Waals surface area contributed by atoms with Gasteiger partial charge in [-0.25, -0.2) is 0 Å². The first-order valence-electron chi connectivity index (χ1n) is 11.0. The van der Waals surface area contributed by atoms with Crippen molar-refractivity contribution < 1.29 is 23.7 Å². The van der Waals surface area contributed by atoms with Crippen molar-refractivity contribution in [1.29, 1.82) is 0 Å². The van der Waals surface area contributed by atoms with Crippen LogP contribution in [-0.4, -0.2) is 24.2 Å². The number of nitrogens with zero attached hydrogens (tertiary/aromatic N) is 1. The molecule has 3 aromatic carbocycles. The second-order valence-electron chi connectivity index (χ2n) is 8.53. The summed E-state index contributed by atoms with van der Waals surface area (Å²) in [7, 11) is 0. The van der Waals surface area contributed by atoms with Crippen molar-refractivity contribution in [1.82, 2.24) is 4.90 Å². The monoisotopic (exact) mass is 441 g/mol. The smallest absolute Gasteiger partial charge is 0.231 e. The fraction of sp³-hybridized carbons (Fsp3) is 0.222. The number of benzene rings is 3. The molecule has 1 unspecified atom stereocenters. The predicted octanol–water partition coefficient (Wildman–Crippen LogP) is 5.25. The van der Waals surface area contributed by atoms with Gasteiger partial charge in [-0.1, -0.05) is 36.4 Å². The number of allylic oxidation sites excluding steroid dienone is 1. The molecule has 3 aliphatic heterocycles. The molecule has 33 heavy (non-hydrogen) atoms. The largest absolute Gasteiger partial charge is 0.477 e. The highest BCUT2D eigenvalue weighted by Crippen LogP contribution is 2.44. The molecule has 1 atom stereocenters. The maximum absolute atomic E-state index is 13.2. The zero-order valence-corrected chi connectivity index (χ0v) is 18.5. The van der Waals surface area contributed by atoms with Crippen LogP contribution < -0.4 is 18.9 Å². The van der Waals surface area contributed by atoms with Gasteiger partial charge in [0.2, 0.25) is 12.6 Å². The maximum atomic E-state index is 13.2. The zero-order chi connectivity index (χ0) is 22.5. The summed E-state index contributed by atoms with van der Waals surface area (Å²) in [6, 6.07) is 18.0. The summed E-state index contributed by atoms with van der Waals surface area (Å²) < 4.78 is 23.0. The van der Waals surface area contributed by atoms with E-state index in [0.717, 1.165) is 22.4 Å². The van der Waals surface area contributed by atoms with Crippen LogP contribution in [0, 0.1) is 6.92 Å². The molecular weight excluding hydrogens is 418 g/mol. The summed E-state index contributed by atoms with van der Waals surface area (Å²) in [5.74, 6) is 2.93. The Labute approximate surface area is 191 Å². The van der Waals surface area contributed by atoms with Crippen LogP contribution in [0.25, 0.3) is 6.08 Å². The van der Waals surface area contributed by atoms with Crippen molar-refractivity contribution in [3.63, 3.8) is 0 Å². The first-order chi connectivity index (χ1) is 16.1. The first-order valence-corrected chi connectivity index (χ1v) is 11.0. The number of Topliss-reactive ketones (excluding diaryl/α,β-unsaturated/α-hetero) is 1. The zero-order valence-electron chi connectivity index (χ0n) is 18.5. The van der Waals surface area contributed by atoms with Gasteiger partial charge in [0.05, 0.1) is 5.56 Å². The van der Waals surface area contributed by atoms with Gasteiger partial charge in [-0.15, -0.1) is 0 Å². The number of hydrogen-bond donors (Lipinski definition) is 0. The molecule has 0 N–H and O–H groups in total. The SMILES string of the molecule is Cc1c2c(cc3c1O/C(=C\c1ccc4c(c1)OCO4)C3=O)CN(C(C)c1ccccc1)CO2. The van der Waals surface area contributed by atoms with Gasteiger partial charge in [-0.2, -0.15) is 0 Å². The van der Waals surface area contributed by atoms with Crippen LogP contribution in [0.1, 0.15) is 45.6 Å². The van der Waals surface area contributed by atoms with Crippen LogP contribution in [0.2, 0.25) is 0 Å². The van der Waals surface area contributed by atoms with E-state index in [2.05, 4.69) is 24.0 Å². The van der Waals surface area contributed by atoms with Crippen molar-refractivity contribution in [2.75, 3.05) is 13.5 Å². The standard InChI is InChI=1S/C27H23NO5/c1-16-26-20(13-28(14-30-26)17(2)19-6-4-3-5-7-19)12-21-25(29)24(33-27(16)21)11-18-8-9-22-23(10-18)32-15-31-22/h3-12,17H,13-15H2,1-2H3/b24-11-. The average Bonchev–Trinajstić information content (AvgIpc) is 3.44. The Morgan fingerprint density at radius 3 is 2.64 bits per heavy atom. The third-order valence-electron chi connectivity index (χ3n) is 6.49. The minimum absolute atomic E-state index is 0.123. The molecule has 3 aromatic rings. The number of hydrogen-bond acceptors (Lipinski definition) is 6. The van der Waals surface area contributed by atoms with Gasteiger partial charge in [-0.3, -0.25) is 9.69 Å². The molecule has 3 aliphatic rings. The average molecular weight is 441 g/mol. The van der Waals surface area contributed by atoms with Gasteiger partial charge in [0.25, 0.3) is 0 Å². The Morgan fingerprint density at radius 1 is 0.970 bits per heavy atom. The Balaban J connectivity index is 1.30. The van der Waals surface area contributed by atoms with E-state index in [1.54, 1.807) is 6.08 Å². The molecule has 6 heteroatoms. The lowest BCUT2D eigenvalue weighted by Crippen LogP contribution is -2.34. The van der Waals surface area contributed by atoms with Gasteiger partial charge < -0.3 is 18.9 Å². The van der Waals surface area contributed by atoms with Crippen LogP contribution in [-0.2, 0) is 6.54 Å². The number of carbonyl (C=O) groups is 1. The highest BCUT2D eigenvalue weighted by Gasteiger charge is 2.34.